The van der Waals surface area contributed by atoms with E-state index >= 15 is 0 Å². The largest absolute Gasteiger partial charge is 0.271 e. The molecule has 0 N–H and O–H groups in total. The summed E-state index contributed by atoms with van der Waals surface area (Å²) in [6.45, 7) is 1.86. The number of para-hydroxylation sites is 1. The van der Waals surface area contributed by atoms with Crippen molar-refractivity contribution in [3.8, 4) is 5.69 Å². The van der Waals surface area contributed by atoms with Crippen LogP contribution in [0.3, 0.4) is 0 Å². The van der Waals surface area contributed by atoms with E-state index in [9.17, 15) is 4.79 Å². The van der Waals surface area contributed by atoms with Gasteiger partial charge in [-0.05, 0) is 25.1 Å². The lowest BCUT2D eigenvalue weighted by Crippen LogP contribution is -2.20. The highest BCUT2D eigenvalue weighted by Gasteiger charge is 1.98. The molecule has 0 unspecified atom stereocenters. The van der Waals surface area contributed by atoms with Crippen molar-refractivity contribution >= 4 is 0 Å². The molecule has 0 saturated heterocycles. The fourth-order valence-corrected chi connectivity index (χ4v) is 1.26. The minimum atomic E-state index is -0.109. The van der Waals surface area contributed by atoms with Gasteiger partial charge in [-0.3, -0.25) is 4.79 Å². The molecule has 3 nitrogen and oxygen atoms in total. The van der Waals surface area contributed by atoms with Crippen LogP contribution in [0.25, 0.3) is 5.69 Å². The van der Waals surface area contributed by atoms with Crippen molar-refractivity contribution in [2.45, 2.75) is 6.92 Å². The summed E-state index contributed by atoms with van der Waals surface area (Å²) < 4.78 is 1.40. The third-order valence-corrected chi connectivity index (χ3v) is 1.93. The number of nitrogens with zero attached hydrogens (tertiary/aromatic N) is 2. The average molecular weight is 186 g/mol. The molecule has 1 heterocycles. The standard InChI is InChI=1S/C11H10N2O/c1-9-7-8-11(14)13(12-9)10-5-3-2-4-6-10/h2-8H,1H3. The van der Waals surface area contributed by atoms with Crippen molar-refractivity contribution in [3.63, 3.8) is 0 Å². The fourth-order valence-electron chi connectivity index (χ4n) is 1.26. The van der Waals surface area contributed by atoms with Crippen LogP contribution >= 0.6 is 0 Å². The second-order valence-electron chi connectivity index (χ2n) is 3.06. The van der Waals surface area contributed by atoms with Gasteiger partial charge in [0.05, 0.1) is 11.4 Å². The maximum absolute atomic E-state index is 11.5. The number of rotatable bonds is 1. The number of aromatic nitrogens is 2. The summed E-state index contributed by atoms with van der Waals surface area (Å²) >= 11 is 0. The lowest BCUT2D eigenvalue weighted by atomic mass is 10.3. The van der Waals surface area contributed by atoms with Gasteiger partial charge in [-0.1, -0.05) is 18.2 Å². The lowest BCUT2D eigenvalue weighted by molar-refractivity contribution is 0.785. The third-order valence-electron chi connectivity index (χ3n) is 1.93. The van der Waals surface area contributed by atoms with Gasteiger partial charge in [0.1, 0.15) is 0 Å². The average Bonchev–Trinajstić information content (AvgIpc) is 2.23. The molecule has 0 amide bonds. The first-order chi connectivity index (χ1) is 6.77. The van der Waals surface area contributed by atoms with E-state index < -0.39 is 0 Å². The first-order valence-electron chi connectivity index (χ1n) is 4.40. The Kier molecular flexibility index (Phi) is 2.14. The van der Waals surface area contributed by atoms with Crippen molar-refractivity contribution in [2.75, 3.05) is 0 Å². The molecule has 0 aliphatic carbocycles. The van der Waals surface area contributed by atoms with Gasteiger partial charge in [0.25, 0.3) is 5.56 Å². The van der Waals surface area contributed by atoms with Gasteiger partial charge in [0, 0.05) is 6.07 Å². The van der Waals surface area contributed by atoms with Crippen LogP contribution in [-0.2, 0) is 0 Å². The zero-order chi connectivity index (χ0) is 9.97. The van der Waals surface area contributed by atoms with Gasteiger partial charge >= 0.3 is 0 Å². The maximum Gasteiger partial charge on any atom is 0.271 e. The Labute approximate surface area is 81.6 Å². The maximum atomic E-state index is 11.5. The number of hydrogen-bond acceptors (Lipinski definition) is 2. The van der Waals surface area contributed by atoms with Crippen LogP contribution in [-0.4, -0.2) is 9.78 Å². The molecule has 70 valence electrons. The number of hydrogen-bond donors (Lipinski definition) is 0. The molecular weight excluding hydrogens is 176 g/mol. The molecular formula is C11H10N2O. The molecule has 0 aliphatic rings. The van der Waals surface area contributed by atoms with Gasteiger partial charge in [-0.25, -0.2) is 0 Å². The molecule has 0 spiro atoms. The van der Waals surface area contributed by atoms with Crippen LogP contribution in [0.2, 0.25) is 0 Å². The summed E-state index contributed by atoms with van der Waals surface area (Å²) in [6, 6.07) is 12.6. The van der Waals surface area contributed by atoms with E-state index in [1.54, 1.807) is 6.07 Å². The van der Waals surface area contributed by atoms with E-state index in [0.29, 0.717) is 0 Å². The Hall–Kier alpha value is -1.90. The van der Waals surface area contributed by atoms with Gasteiger partial charge in [0.15, 0.2) is 0 Å². The van der Waals surface area contributed by atoms with Crippen LogP contribution < -0.4 is 5.56 Å². The lowest BCUT2D eigenvalue weighted by Gasteiger charge is -2.03. The quantitative estimate of drug-likeness (QED) is 0.677. The molecule has 0 bridgehead atoms. The van der Waals surface area contributed by atoms with Crippen molar-refractivity contribution in [1.29, 1.82) is 0 Å². The van der Waals surface area contributed by atoms with Gasteiger partial charge in [-0.15, -0.1) is 0 Å². The second-order valence-corrected chi connectivity index (χ2v) is 3.06. The molecule has 0 aliphatic heterocycles. The first kappa shape index (κ1) is 8.69. The fraction of sp³-hybridized carbons (Fsp3) is 0.0909. The summed E-state index contributed by atoms with van der Waals surface area (Å²) in [5.74, 6) is 0. The van der Waals surface area contributed by atoms with Gasteiger partial charge < -0.3 is 0 Å². The van der Waals surface area contributed by atoms with Crippen molar-refractivity contribution in [3.05, 3.63) is 58.5 Å². The Morgan fingerprint density at radius 3 is 2.50 bits per heavy atom. The highest BCUT2D eigenvalue weighted by atomic mass is 16.1. The van der Waals surface area contributed by atoms with E-state index in [1.165, 1.54) is 10.7 Å². The molecule has 3 heteroatoms. The number of benzene rings is 1. The predicted molar refractivity (Wildman–Crippen MR) is 54.6 cm³/mol. The number of aryl methyl sites for hydroxylation is 1. The molecule has 0 fully saturated rings. The topological polar surface area (TPSA) is 34.9 Å². The zero-order valence-corrected chi connectivity index (χ0v) is 7.84. The van der Waals surface area contributed by atoms with Crippen molar-refractivity contribution in [2.24, 2.45) is 0 Å². The molecule has 2 aromatic rings. The van der Waals surface area contributed by atoms with Crippen LogP contribution in [0.5, 0.6) is 0 Å². The first-order valence-corrected chi connectivity index (χ1v) is 4.40. The van der Waals surface area contributed by atoms with E-state index in [4.69, 9.17) is 0 Å². The van der Waals surface area contributed by atoms with Crippen molar-refractivity contribution < 1.29 is 0 Å². The van der Waals surface area contributed by atoms with E-state index in [1.807, 2.05) is 37.3 Å². The van der Waals surface area contributed by atoms with Gasteiger partial charge in [-0.2, -0.15) is 9.78 Å². The second kappa shape index (κ2) is 3.46. The van der Waals surface area contributed by atoms with Crippen LogP contribution in [0.15, 0.2) is 47.3 Å². The Morgan fingerprint density at radius 2 is 1.79 bits per heavy atom. The Morgan fingerprint density at radius 1 is 1.07 bits per heavy atom. The summed E-state index contributed by atoms with van der Waals surface area (Å²) in [5, 5.41) is 4.15. The predicted octanol–water partition coefficient (Wildman–Crippen LogP) is 1.54. The molecule has 0 radical (unpaired) electrons. The van der Waals surface area contributed by atoms with E-state index in [-0.39, 0.29) is 5.56 Å². The Bertz CT molecular complexity index is 488. The molecule has 2 rings (SSSR count). The highest BCUT2D eigenvalue weighted by Crippen LogP contribution is 2.01. The molecule has 14 heavy (non-hydrogen) atoms. The highest BCUT2D eigenvalue weighted by molar-refractivity contribution is 5.29. The monoisotopic (exact) mass is 186 g/mol. The molecule has 1 aromatic heterocycles. The normalized spacial score (nSPS) is 10.1. The summed E-state index contributed by atoms with van der Waals surface area (Å²) in [4.78, 5) is 11.5. The minimum absolute atomic E-state index is 0.109. The SMILES string of the molecule is Cc1ccc(=O)n(-c2ccccc2)n1. The molecule has 0 saturated carbocycles. The summed E-state index contributed by atoms with van der Waals surface area (Å²) in [6.07, 6.45) is 0. The van der Waals surface area contributed by atoms with E-state index in [0.717, 1.165) is 11.4 Å². The molecule has 0 atom stereocenters. The van der Waals surface area contributed by atoms with Crippen molar-refractivity contribution in [1.82, 2.24) is 9.78 Å². The molecule has 1 aromatic carbocycles. The van der Waals surface area contributed by atoms with Gasteiger partial charge in [0.2, 0.25) is 0 Å². The smallest absolute Gasteiger partial charge is 0.267 e. The van der Waals surface area contributed by atoms with E-state index in [2.05, 4.69) is 5.10 Å². The summed E-state index contributed by atoms with van der Waals surface area (Å²) in [7, 11) is 0. The minimum Gasteiger partial charge on any atom is -0.267 e. The van der Waals surface area contributed by atoms with Crippen LogP contribution in [0, 0.1) is 6.92 Å². The summed E-state index contributed by atoms with van der Waals surface area (Å²) in [5.41, 5.74) is 1.51. The zero-order valence-electron chi connectivity index (χ0n) is 7.84. The van der Waals surface area contributed by atoms with Crippen LogP contribution in [0.4, 0.5) is 0 Å². The third kappa shape index (κ3) is 1.57. The van der Waals surface area contributed by atoms with Crippen LogP contribution in [0.1, 0.15) is 5.69 Å². The Balaban J connectivity index is 2.63.